The summed E-state index contributed by atoms with van der Waals surface area (Å²) in [5.41, 5.74) is 2.93. The number of aliphatic hydroxyl groups is 1. The Labute approximate surface area is 128 Å². The van der Waals surface area contributed by atoms with Crippen molar-refractivity contribution < 1.29 is 5.11 Å². The minimum absolute atomic E-state index is 0.136. The molecule has 4 nitrogen and oxygen atoms in total. The van der Waals surface area contributed by atoms with E-state index in [9.17, 15) is 9.90 Å². The monoisotopic (exact) mass is 294 g/mol. The Kier molecular flexibility index (Phi) is 3.54. The number of aromatic nitrogens is 2. The Balaban J connectivity index is 2.41. The van der Waals surface area contributed by atoms with Crippen molar-refractivity contribution in [2.75, 3.05) is 0 Å². The van der Waals surface area contributed by atoms with Gasteiger partial charge in [0.05, 0.1) is 17.0 Å². The standard InChI is InChI=1S/C18H18N2O2/c1-11-9-10-14-16(15(11)12(2)21)18(22)20(3)17(19-14)13-7-5-4-6-8-13/h4-10,12,21H,1-3H3. The molecule has 0 saturated heterocycles. The van der Waals surface area contributed by atoms with Gasteiger partial charge in [-0.25, -0.2) is 4.98 Å². The van der Waals surface area contributed by atoms with Crippen LogP contribution in [0.5, 0.6) is 0 Å². The Morgan fingerprint density at radius 3 is 2.45 bits per heavy atom. The highest BCUT2D eigenvalue weighted by atomic mass is 16.3. The summed E-state index contributed by atoms with van der Waals surface area (Å²) >= 11 is 0. The van der Waals surface area contributed by atoms with Gasteiger partial charge in [0.2, 0.25) is 0 Å². The molecule has 22 heavy (non-hydrogen) atoms. The van der Waals surface area contributed by atoms with E-state index in [0.717, 1.165) is 11.1 Å². The van der Waals surface area contributed by atoms with Crippen molar-refractivity contribution in [3.05, 3.63) is 63.9 Å². The summed E-state index contributed by atoms with van der Waals surface area (Å²) in [4.78, 5) is 17.5. The van der Waals surface area contributed by atoms with Crippen LogP contribution >= 0.6 is 0 Å². The molecule has 1 aromatic heterocycles. The molecule has 0 aliphatic carbocycles. The minimum atomic E-state index is -0.708. The van der Waals surface area contributed by atoms with Gasteiger partial charge in [-0.1, -0.05) is 36.4 Å². The van der Waals surface area contributed by atoms with Gasteiger partial charge in [-0.2, -0.15) is 0 Å². The SMILES string of the molecule is Cc1ccc2nc(-c3ccccc3)n(C)c(=O)c2c1C(C)O. The van der Waals surface area contributed by atoms with Crippen LogP contribution in [-0.4, -0.2) is 14.7 Å². The lowest BCUT2D eigenvalue weighted by molar-refractivity contribution is 0.200. The summed E-state index contributed by atoms with van der Waals surface area (Å²) in [6.45, 7) is 3.57. The molecule has 0 fully saturated rings. The Morgan fingerprint density at radius 1 is 1.14 bits per heavy atom. The smallest absolute Gasteiger partial charge is 0.261 e. The highest BCUT2D eigenvalue weighted by Crippen LogP contribution is 2.26. The molecule has 112 valence electrons. The van der Waals surface area contributed by atoms with E-state index in [1.807, 2.05) is 49.4 Å². The second-order valence-corrected chi connectivity index (χ2v) is 5.53. The molecule has 0 aliphatic rings. The van der Waals surface area contributed by atoms with Crippen LogP contribution in [0.2, 0.25) is 0 Å². The highest BCUT2D eigenvalue weighted by Gasteiger charge is 2.17. The van der Waals surface area contributed by atoms with Gasteiger partial charge in [0.25, 0.3) is 5.56 Å². The quantitative estimate of drug-likeness (QED) is 0.790. The highest BCUT2D eigenvalue weighted by molar-refractivity contribution is 5.84. The summed E-state index contributed by atoms with van der Waals surface area (Å²) < 4.78 is 1.54. The van der Waals surface area contributed by atoms with Crippen LogP contribution in [0.25, 0.3) is 22.3 Å². The maximum atomic E-state index is 12.8. The van der Waals surface area contributed by atoms with Crippen LogP contribution in [0.3, 0.4) is 0 Å². The first-order valence-electron chi connectivity index (χ1n) is 7.24. The molecule has 0 amide bonds. The zero-order chi connectivity index (χ0) is 15.9. The lowest BCUT2D eigenvalue weighted by Crippen LogP contribution is -2.22. The third-order valence-electron chi connectivity index (χ3n) is 3.95. The molecule has 4 heteroatoms. The van der Waals surface area contributed by atoms with Crippen LogP contribution in [0.4, 0.5) is 0 Å². The third-order valence-corrected chi connectivity index (χ3v) is 3.95. The van der Waals surface area contributed by atoms with E-state index in [-0.39, 0.29) is 5.56 Å². The molecular formula is C18H18N2O2. The zero-order valence-corrected chi connectivity index (χ0v) is 12.9. The first-order valence-corrected chi connectivity index (χ1v) is 7.24. The number of hydrogen-bond acceptors (Lipinski definition) is 3. The predicted molar refractivity (Wildman–Crippen MR) is 87.8 cm³/mol. The van der Waals surface area contributed by atoms with Crippen molar-refractivity contribution in [3.63, 3.8) is 0 Å². The van der Waals surface area contributed by atoms with E-state index in [4.69, 9.17) is 0 Å². The topological polar surface area (TPSA) is 55.1 Å². The molecule has 3 aromatic rings. The Morgan fingerprint density at radius 2 is 1.82 bits per heavy atom. The van der Waals surface area contributed by atoms with Crippen LogP contribution < -0.4 is 5.56 Å². The molecule has 0 radical (unpaired) electrons. The molecule has 0 spiro atoms. The van der Waals surface area contributed by atoms with Gasteiger partial charge in [-0.3, -0.25) is 9.36 Å². The van der Waals surface area contributed by atoms with Crippen LogP contribution in [0.1, 0.15) is 24.2 Å². The van der Waals surface area contributed by atoms with E-state index >= 15 is 0 Å². The molecular weight excluding hydrogens is 276 g/mol. The van der Waals surface area contributed by atoms with E-state index in [1.54, 1.807) is 18.5 Å². The van der Waals surface area contributed by atoms with Crippen LogP contribution in [0.15, 0.2) is 47.3 Å². The number of hydrogen-bond donors (Lipinski definition) is 1. The van der Waals surface area contributed by atoms with Gasteiger partial charge in [0.15, 0.2) is 0 Å². The average molecular weight is 294 g/mol. The second kappa shape index (κ2) is 5.39. The summed E-state index contributed by atoms with van der Waals surface area (Å²) in [5, 5.41) is 10.5. The van der Waals surface area contributed by atoms with Crippen LogP contribution in [0, 0.1) is 6.92 Å². The molecule has 2 aromatic carbocycles. The fourth-order valence-electron chi connectivity index (χ4n) is 2.87. The van der Waals surface area contributed by atoms with Gasteiger partial charge in [0, 0.05) is 12.6 Å². The van der Waals surface area contributed by atoms with Gasteiger partial charge in [-0.05, 0) is 31.0 Å². The molecule has 1 atom stereocenters. The third kappa shape index (κ3) is 2.22. The molecule has 0 saturated carbocycles. The van der Waals surface area contributed by atoms with Crippen molar-refractivity contribution in [1.29, 1.82) is 0 Å². The maximum Gasteiger partial charge on any atom is 0.261 e. The average Bonchev–Trinajstić information content (AvgIpc) is 2.51. The van der Waals surface area contributed by atoms with E-state index < -0.39 is 6.10 Å². The van der Waals surface area contributed by atoms with Gasteiger partial charge < -0.3 is 5.11 Å². The first-order chi connectivity index (χ1) is 10.5. The number of nitrogens with zero attached hydrogens (tertiary/aromatic N) is 2. The van der Waals surface area contributed by atoms with Gasteiger partial charge in [-0.15, -0.1) is 0 Å². The van der Waals surface area contributed by atoms with Crippen molar-refractivity contribution in [1.82, 2.24) is 9.55 Å². The summed E-state index contributed by atoms with van der Waals surface area (Å²) in [6.07, 6.45) is -0.708. The fraction of sp³-hybridized carbons (Fsp3) is 0.222. The number of aliphatic hydroxyl groups excluding tert-OH is 1. The Hall–Kier alpha value is -2.46. The van der Waals surface area contributed by atoms with Crippen LogP contribution in [-0.2, 0) is 7.05 Å². The van der Waals surface area contributed by atoms with E-state index in [1.165, 1.54) is 0 Å². The predicted octanol–water partition coefficient (Wildman–Crippen LogP) is 2.96. The summed E-state index contributed by atoms with van der Waals surface area (Å²) in [5.74, 6) is 0.624. The molecule has 0 aliphatic heterocycles. The van der Waals surface area contributed by atoms with E-state index in [2.05, 4.69) is 4.98 Å². The van der Waals surface area contributed by atoms with Gasteiger partial charge >= 0.3 is 0 Å². The minimum Gasteiger partial charge on any atom is -0.389 e. The Bertz CT molecular complexity index is 896. The largest absolute Gasteiger partial charge is 0.389 e. The fourth-order valence-corrected chi connectivity index (χ4v) is 2.87. The molecule has 3 rings (SSSR count). The molecule has 1 heterocycles. The number of benzene rings is 2. The maximum absolute atomic E-state index is 12.8. The number of fused-ring (bicyclic) bond motifs is 1. The van der Waals surface area contributed by atoms with E-state index in [0.29, 0.717) is 22.3 Å². The van der Waals surface area contributed by atoms with Crippen molar-refractivity contribution in [2.24, 2.45) is 7.05 Å². The number of aryl methyl sites for hydroxylation is 1. The normalized spacial score (nSPS) is 12.5. The number of rotatable bonds is 2. The van der Waals surface area contributed by atoms with Crippen molar-refractivity contribution in [3.8, 4) is 11.4 Å². The first kappa shape index (κ1) is 14.5. The lowest BCUT2D eigenvalue weighted by atomic mass is 9.99. The van der Waals surface area contributed by atoms with Crippen molar-refractivity contribution in [2.45, 2.75) is 20.0 Å². The molecule has 1 unspecified atom stereocenters. The summed E-state index contributed by atoms with van der Waals surface area (Å²) in [7, 11) is 1.71. The molecule has 1 N–H and O–H groups in total. The second-order valence-electron chi connectivity index (χ2n) is 5.53. The molecule has 0 bridgehead atoms. The zero-order valence-electron chi connectivity index (χ0n) is 12.9. The summed E-state index contributed by atoms with van der Waals surface area (Å²) in [6, 6.07) is 13.4. The lowest BCUT2D eigenvalue weighted by Gasteiger charge is -2.15. The van der Waals surface area contributed by atoms with Crippen molar-refractivity contribution >= 4 is 10.9 Å². The van der Waals surface area contributed by atoms with Gasteiger partial charge in [0.1, 0.15) is 5.82 Å².